The Morgan fingerprint density at radius 1 is 0.979 bits per heavy atom. The molecule has 1 fully saturated rings. The van der Waals surface area contributed by atoms with Crippen molar-refractivity contribution < 1.29 is 31.7 Å². The summed E-state index contributed by atoms with van der Waals surface area (Å²) >= 11 is 11.6. The monoisotopic (exact) mass is 711 g/mol. The first-order valence-corrected chi connectivity index (χ1v) is 17.2. The third-order valence-electron chi connectivity index (χ3n) is 9.52. The van der Waals surface area contributed by atoms with E-state index in [9.17, 15) is 31.7 Å². The third-order valence-corrected chi connectivity index (χ3v) is 12.3. The molecular formula is C34H35Cl2F4N3O3S. The van der Waals surface area contributed by atoms with Gasteiger partial charge in [-0.3, -0.25) is 9.59 Å². The molecule has 1 spiro atoms. The number of carbonyl (C=O) groups is 2. The molecule has 47 heavy (non-hydrogen) atoms. The van der Waals surface area contributed by atoms with E-state index >= 15 is 0 Å². The maximum absolute atomic E-state index is 14.9. The molecule has 0 saturated carbocycles. The third kappa shape index (κ3) is 7.29. The lowest BCUT2D eigenvalue weighted by atomic mass is 9.82. The van der Waals surface area contributed by atoms with E-state index in [1.807, 2.05) is 24.3 Å². The molecule has 6 nitrogen and oxygen atoms in total. The molecule has 1 unspecified atom stereocenters. The zero-order valence-corrected chi connectivity index (χ0v) is 28.3. The van der Waals surface area contributed by atoms with Crippen LogP contribution in [0.3, 0.4) is 0 Å². The minimum Gasteiger partial charge on any atom is -0.615 e. The van der Waals surface area contributed by atoms with E-state index in [-0.39, 0.29) is 28.6 Å². The Labute approximate surface area is 284 Å². The van der Waals surface area contributed by atoms with Crippen molar-refractivity contribution in [3.63, 3.8) is 0 Å². The molecule has 0 aliphatic carbocycles. The Kier molecular flexibility index (Phi) is 10.5. The van der Waals surface area contributed by atoms with Gasteiger partial charge in [-0.25, -0.2) is 4.39 Å². The number of fused-ring (bicyclic) bond motifs is 2. The Morgan fingerprint density at radius 3 is 2.30 bits per heavy atom. The van der Waals surface area contributed by atoms with Gasteiger partial charge >= 0.3 is 6.18 Å². The second-order valence-electron chi connectivity index (χ2n) is 12.3. The van der Waals surface area contributed by atoms with Gasteiger partial charge in [0, 0.05) is 64.2 Å². The number of amides is 2. The van der Waals surface area contributed by atoms with Crippen LogP contribution < -0.4 is 0 Å². The second-order valence-corrected chi connectivity index (χ2v) is 14.9. The number of benzene rings is 3. The van der Waals surface area contributed by atoms with Crippen molar-refractivity contribution in [1.82, 2.24) is 14.7 Å². The number of halogens is 6. The number of rotatable bonds is 9. The number of nitrogens with zero attached hydrogens (tertiary/aromatic N) is 3. The first-order valence-electron chi connectivity index (χ1n) is 15.1. The van der Waals surface area contributed by atoms with E-state index in [1.54, 1.807) is 6.07 Å². The maximum atomic E-state index is 14.9. The summed E-state index contributed by atoms with van der Waals surface area (Å²) in [7, 11) is 2.70. The van der Waals surface area contributed by atoms with Crippen molar-refractivity contribution in [2.24, 2.45) is 0 Å². The Bertz CT molecular complexity index is 1640. The highest BCUT2D eigenvalue weighted by Crippen LogP contribution is 2.49. The molecule has 0 radical (unpaired) electrons. The van der Waals surface area contributed by atoms with E-state index in [4.69, 9.17) is 23.2 Å². The average molecular weight is 713 g/mol. The van der Waals surface area contributed by atoms with Crippen LogP contribution in [-0.4, -0.2) is 77.5 Å². The lowest BCUT2D eigenvalue weighted by molar-refractivity contribution is -0.161. The Balaban J connectivity index is 1.50. The molecule has 2 heterocycles. The fourth-order valence-electron chi connectivity index (χ4n) is 6.83. The van der Waals surface area contributed by atoms with Gasteiger partial charge < -0.3 is 19.3 Å². The van der Waals surface area contributed by atoms with Gasteiger partial charge in [0.25, 0.3) is 5.91 Å². The summed E-state index contributed by atoms with van der Waals surface area (Å²) in [4.78, 5) is 31.2. The van der Waals surface area contributed by atoms with Crippen molar-refractivity contribution in [2.45, 2.75) is 47.9 Å². The van der Waals surface area contributed by atoms with Crippen molar-refractivity contribution in [3.05, 3.63) is 105 Å². The van der Waals surface area contributed by atoms with Gasteiger partial charge in [0.1, 0.15) is 18.0 Å². The number of carbonyl (C=O) groups excluding carboxylic acids is 2. The molecule has 2 aliphatic rings. The van der Waals surface area contributed by atoms with Gasteiger partial charge in [0.2, 0.25) is 5.91 Å². The molecule has 2 atom stereocenters. The lowest BCUT2D eigenvalue weighted by Crippen LogP contribution is -2.56. The van der Waals surface area contributed by atoms with Crippen LogP contribution in [0.25, 0.3) is 0 Å². The van der Waals surface area contributed by atoms with Crippen LogP contribution in [0.1, 0.15) is 52.7 Å². The predicted octanol–water partition coefficient (Wildman–Crippen LogP) is 7.15. The molecule has 252 valence electrons. The molecular weight excluding hydrogens is 677 g/mol. The number of alkyl halides is 3. The topological polar surface area (TPSA) is 66.9 Å². The molecule has 3 aromatic rings. The van der Waals surface area contributed by atoms with E-state index < -0.39 is 51.7 Å². The average Bonchev–Trinajstić information content (AvgIpc) is 3.30. The smallest absolute Gasteiger partial charge is 0.397 e. The maximum Gasteiger partial charge on any atom is 0.397 e. The predicted molar refractivity (Wildman–Crippen MR) is 175 cm³/mol. The van der Waals surface area contributed by atoms with Crippen LogP contribution >= 0.6 is 23.2 Å². The molecule has 0 aromatic heterocycles. The first-order chi connectivity index (χ1) is 22.2. The highest BCUT2D eigenvalue weighted by Gasteiger charge is 2.52. The number of likely N-dealkylation sites (tertiary alicyclic amines) is 1. The largest absolute Gasteiger partial charge is 0.615 e. The van der Waals surface area contributed by atoms with Gasteiger partial charge in [-0.05, 0) is 47.4 Å². The quantitative estimate of drug-likeness (QED) is 0.175. The van der Waals surface area contributed by atoms with Crippen molar-refractivity contribution in [1.29, 1.82) is 0 Å². The lowest BCUT2D eigenvalue weighted by Gasteiger charge is -2.47. The van der Waals surface area contributed by atoms with E-state index in [2.05, 4.69) is 4.90 Å². The highest BCUT2D eigenvalue weighted by atomic mass is 35.5. The zero-order valence-electron chi connectivity index (χ0n) is 26.0. The summed E-state index contributed by atoms with van der Waals surface area (Å²) < 4.78 is 67.7. The second kappa shape index (κ2) is 14.0. The van der Waals surface area contributed by atoms with Crippen LogP contribution in [0.5, 0.6) is 0 Å². The number of piperidine rings is 1. The number of likely N-dealkylation sites (N-methyl/N-ethyl adjacent to an activating group) is 2. The van der Waals surface area contributed by atoms with Gasteiger partial charge in [-0.1, -0.05) is 65.7 Å². The van der Waals surface area contributed by atoms with Crippen molar-refractivity contribution in [2.75, 3.05) is 40.3 Å². The minimum atomic E-state index is -4.74. The van der Waals surface area contributed by atoms with Crippen LogP contribution in [0.4, 0.5) is 17.6 Å². The summed E-state index contributed by atoms with van der Waals surface area (Å²) in [5, 5.41) is 0.368. The van der Waals surface area contributed by atoms with Gasteiger partial charge in [0.15, 0.2) is 4.75 Å². The highest BCUT2D eigenvalue weighted by molar-refractivity contribution is 7.92. The number of hydrogen-bond donors (Lipinski definition) is 0. The fraction of sp³-hybridized carbons (Fsp3) is 0.412. The van der Waals surface area contributed by atoms with E-state index in [0.717, 1.165) is 22.1 Å². The van der Waals surface area contributed by atoms with Crippen LogP contribution in [0, 0.1) is 5.82 Å². The Hall–Kier alpha value is -2.83. The standard InChI is InChI=1S/C34H35Cl2F4N3O3S/c1-41(30(44)20-34(38,39)40)22-32(24-11-12-27(35)28(36)19-24,42(2)31(45)25-8-4-6-10-29(25)37)13-16-43-17-14-33(15-18-43)26-9-5-3-7-23(26)21-47(33)46/h3-12,19H,13-18,20-22H2,1-2H3/t32-,47?/m1/s1. The summed E-state index contributed by atoms with van der Waals surface area (Å²) in [5.74, 6) is -2.16. The van der Waals surface area contributed by atoms with E-state index in [0.29, 0.717) is 43.8 Å². The minimum absolute atomic E-state index is 0.145. The number of hydrogen-bond acceptors (Lipinski definition) is 4. The molecule has 0 N–H and O–H groups in total. The molecule has 2 amide bonds. The van der Waals surface area contributed by atoms with Crippen LogP contribution in [0.15, 0.2) is 66.7 Å². The summed E-state index contributed by atoms with van der Waals surface area (Å²) in [6, 6.07) is 18.1. The van der Waals surface area contributed by atoms with Crippen molar-refractivity contribution in [3.8, 4) is 0 Å². The summed E-state index contributed by atoms with van der Waals surface area (Å²) in [5.41, 5.74) is 0.943. The Morgan fingerprint density at radius 2 is 1.64 bits per heavy atom. The molecule has 1 saturated heterocycles. The summed E-state index contributed by atoms with van der Waals surface area (Å²) in [6.07, 6.45) is -4.99. The van der Waals surface area contributed by atoms with Gasteiger partial charge in [0.05, 0.1) is 21.1 Å². The fourth-order valence-corrected chi connectivity index (χ4v) is 9.03. The SMILES string of the molecule is CN(C[C@](CCN1CCC2(CC1)c1ccccc1C[S+]2[O-])(c1ccc(Cl)c(Cl)c1)N(C)C(=O)c1ccccc1F)C(=O)CC(F)(F)F. The molecule has 13 heteroatoms. The summed E-state index contributed by atoms with van der Waals surface area (Å²) in [6.45, 7) is 1.20. The first kappa shape index (κ1) is 35.5. The zero-order chi connectivity index (χ0) is 34.1. The molecule has 2 aliphatic heterocycles. The molecule has 0 bridgehead atoms. The van der Waals surface area contributed by atoms with Crippen molar-refractivity contribution >= 4 is 46.2 Å². The normalized spacial score (nSPS) is 18.9. The van der Waals surface area contributed by atoms with Crippen LogP contribution in [0.2, 0.25) is 10.0 Å². The molecule has 3 aromatic carbocycles. The molecule has 5 rings (SSSR count). The van der Waals surface area contributed by atoms with E-state index in [1.165, 1.54) is 49.3 Å². The van der Waals surface area contributed by atoms with Gasteiger partial charge in [-0.15, -0.1) is 0 Å². The van der Waals surface area contributed by atoms with Crippen LogP contribution in [-0.2, 0) is 32.0 Å². The van der Waals surface area contributed by atoms with Gasteiger partial charge in [-0.2, -0.15) is 13.2 Å².